The van der Waals surface area contributed by atoms with Gasteiger partial charge in [-0.2, -0.15) is 0 Å². The third-order valence-corrected chi connectivity index (χ3v) is 3.11. The van der Waals surface area contributed by atoms with E-state index >= 15 is 0 Å². The summed E-state index contributed by atoms with van der Waals surface area (Å²) in [6, 6.07) is 13.0. The fourth-order valence-electron chi connectivity index (χ4n) is 2.06. The normalized spacial score (nSPS) is 10.5. The maximum absolute atomic E-state index is 13.2. The molecule has 0 radical (unpaired) electrons. The highest BCUT2D eigenvalue weighted by molar-refractivity contribution is 6.08. The molecule has 5 heteroatoms. The Morgan fingerprint density at radius 2 is 1.95 bits per heavy atom. The number of nitrogens with two attached hydrogens (primary N) is 1. The number of carbonyl (C=O) groups excluding carboxylic acids is 1. The average Bonchev–Trinajstić information content (AvgIpc) is 2.49. The van der Waals surface area contributed by atoms with Gasteiger partial charge in [0, 0.05) is 11.1 Å². The number of anilines is 2. The molecule has 0 aliphatic heterocycles. The number of carbonyl (C=O) groups is 1. The zero-order valence-electron chi connectivity index (χ0n) is 11.0. The lowest BCUT2D eigenvalue weighted by molar-refractivity contribution is 0.102. The first-order valence-corrected chi connectivity index (χ1v) is 6.34. The van der Waals surface area contributed by atoms with Crippen LogP contribution < -0.4 is 11.1 Å². The summed E-state index contributed by atoms with van der Waals surface area (Å²) < 4.78 is 13.2. The van der Waals surface area contributed by atoms with Gasteiger partial charge in [0.25, 0.3) is 5.91 Å². The molecule has 0 bridgehead atoms. The van der Waals surface area contributed by atoms with Crippen LogP contribution in [0.1, 0.15) is 10.4 Å². The number of para-hydroxylation sites is 1. The van der Waals surface area contributed by atoms with Gasteiger partial charge >= 0.3 is 0 Å². The number of hydrogen-bond acceptors (Lipinski definition) is 3. The van der Waals surface area contributed by atoms with E-state index in [1.54, 1.807) is 12.3 Å². The van der Waals surface area contributed by atoms with Crippen LogP contribution in [-0.2, 0) is 0 Å². The topological polar surface area (TPSA) is 68.0 Å². The predicted molar refractivity (Wildman–Crippen MR) is 80.5 cm³/mol. The molecular weight excluding hydrogens is 269 g/mol. The highest BCUT2D eigenvalue weighted by atomic mass is 19.1. The molecule has 0 aliphatic carbocycles. The molecule has 3 rings (SSSR count). The highest BCUT2D eigenvalue weighted by Gasteiger charge is 2.11. The fraction of sp³-hybridized carbons (Fsp3) is 0. The SMILES string of the molecule is Nc1ccc(F)cc1C(=O)Nc1cnc2ccccc2c1. The van der Waals surface area contributed by atoms with Crippen LogP contribution in [0, 0.1) is 5.82 Å². The van der Waals surface area contributed by atoms with Crippen LogP contribution >= 0.6 is 0 Å². The van der Waals surface area contributed by atoms with Crippen molar-refractivity contribution in [2.24, 2.45) is 0 Å². The van der Waals surface area contributed by atoms with Crippen LogP contribution in [-0.4, -0.2) is 10.9 Å². The van der Waals surface area contributed by atoms with E-state index < -0.39 is 11.7 Å². The minimum atomic E-state index is -0.508. The first kappa shape index (κ1) is 13.1. The number of amides is 1. The minimum Gasteiger partial charge on any atom is -0.398 e. The molecule has 0 saturated heterocycles. The molecule has 1 heterocycles. The van der Waals surface area contributed by atoms with Crippen molar-refractivity contribution in [3.05, 3.63) is 66.1 Å². The quantitative estimate of drug-likeness (QED) is 0.709. The fourth-order valence-corrected chi connectivity index (χ4v) is 2.06. The molecule has 0 spiro atoms. The van der Waals surface area contributed by atoms with Crippen LogP contribution in [0.25, 0.3) is 10.9 Å². The number of aromatic nitrogens is 1. The van der Waals surface area contributed by atoms with Crippen molar-refractivity contribution >= 4 is 28.2 Å². The molecule has 104 valence electrons. The minimum absolute atomic E-state index is 0.100. The van der Waals surface area contributed by atoms with E-state index in [-0.39, 0.29) is 11.3 Å². The number of pyridine rings is 1. The van der Waals surface area contributed by atoms with E-state index in [2.05, 4.69) is 10.3 Å². The Kier molecular flexibility index (Phi) is 3.23. The van der Waals surface area contributed by atoms with Crippen molar-refractivity contribution in [3.63, 3.8) is 0 Å². The van der Waals surface area contributed by atoms with E-state index in [4.69, 9.17) is 5.73 Å². The molecule has 0 aliphatic rings. The molecule has 3 aromatic rings. The zero-order chi connectivity index (χ0) is 14.8. The van der Waals surface area contributed by atoms with Crippen molar-refractivity contribution in [1.82, 2.24) is 4.98 Å². The highest BCUT2D eigenvalue weighted by Crippen LogP contribution is 2.19. The van der Waals surface area contributed by atoms with Crippen LogP contribution in [0.15, 0.2) is 54.7 Å². The molecule has 21 heavy (non-hydrogen) atoms. The first-order chi connectivity index (χ1) is 10.1. The monoisotopic (exact) mass is 281 g/mol. The second-order valence-corrected chi connectivity index (χ2v) is 4.60. The summed E-state index contributed by atoms with van der Waals surface area (Å²) in [7, 11) is 0. The van der Waals surface area contributed by atoms with Crippen LogP contribution in [0.2, 0.25) is 0 Å². The number of halogens is 1. The maximum Gasteiger partial charge on any atom is 0.257 e. The third kappa shape index (κ3) is 2.67. The molecular formula is C16H12FN3O. The Morgan fingerprint density at radius 3 is 2.81 bits per heavy atom. The Balaban J connectivity index is 1.90. The summed E-state index contributed by atoms with van der Waals surface area (Å²) in [5.41, 5.74) is 7.38. The van der Waals surface area contributed by atoms with Crippen molar-refractivity contribution in [3.8, 4) is 0 Å². The van der Waals surface area contributed by atoms with Gasteiger partial charge in [-0.15, -0.1) is 0 Å². The zero-order valence-corrected chi connectivity index (χ0v) is 11.0. The van der Waals surface area contributed by atoms with E-state index in [0.717, 1.165) is 17.0 Å². The van der Waals surface area contributed by atoms with Gasteiger partial charge < -0.3 is 11.1 Å². The van der Waals surface area contributed by atoms with Crippen molar-refractivity contribution in [1.29, 1.82) is 0 Å². The standard InChI is InChI=1S/C16H12FN3O/c17-11-5-6-14(18)13(8-11)16(21)20-12-7-10-3-1-2-4-15(10)19-9-12/h1-9H,18H2,(H,20,21). The molecule has 0 fully saturated rings. The van der Waals surface area contributed by atoms with Gasteiger partial charge in [-0.05, 0) is 30.3 Å². The number of fused-ring (bicyclic) bond motifs is 1. The van der Waals surface area contributed by atoms with Crippen LogP contribution in [0.5, 0.6) is 0 Å². The Hall–Kier alpha value is -2.95. The van der Waals surface area contributed by atoms with Crippen molar-refractivity contribution < 1.29 is 9.18 Å². The molecule has 0 atom stereocenters. The molecule has 4 nitrogen and oxygen atoms in total. The Bertz CT molecular complexity index is 833. The number of nitrogens with zero attached hydrogens (tertiary/aromatic N) is 1. The third-order valence-electron chi connectivity index (χ3n) is 3.11. The van der Waals surface area contributed by atoms with E-state index in [1.165, 1.54) is 12.1 Å². The summed E-state index contributed by atoms with van der Waals surface area (Å²) in [4.78, 5) is 16.4. The lowest BCUT2D eigenvalue weighted by Crippen LogP contribution is -2.14. The maximum atomic E-state index is 13.2. The Labute approximate surface area is 120 Å². The van der Waals surface area contributed by atoms with Gasteiger partial charge in [0.2, 0.25) is 0 Å². The van der Waals surface area contributed by atoms with Crippen LogP contribution in [0.4, 0.5) is 15.8 Å². The number of benzene rings is 2. The summed E-state index contributed by atoms with van der Waals surface area (Å²) in [6.07, 6.45) is 1.55. The van der Waals surface area contributed by atoms with Gasteiger partial charge in [0.15, 0.2) is 0 Å². The second kappa shape index (κ2) is 5.20. The van der Waals surface area contributed by atoms with E-state index in [9.17, 15) is 9.18 Å². The number of rotatable bonds is 2. The summed E-state index contributed by atoms with van der Waals surface area (Å²) in [6.45, 7) is 0. The van der Waals surface area contributed by atoms with Gasteiger partial charge in [-0.3, -0.25) is 9.78 Å². The van der Waals surface area contributed by atoms with Crippen molar-refractivity contribution in [2.45, 2.75) is 0 Å². The smallest absolute Gasteiger partial charge is 0.257 e. The number of hydrogen-bond donors (Lipinski definition) is 2. The molecule has 1 amide bonds. The van der Waals surface area contributed by atoms with Gasteiger partial charge in [0.05, 0.1) is 23.0 Å². The second-order valence-electron chi connectivity index (χ2n) is 4.60. The molecule has 0 unspecified atom stereocenters. The van der Waals surface area contributed by atoms with E-state index in [0.29, 0.717) is 5.69 Å². The lowest BCUT2D eigenvalue weighted by atomic mass is 10.1. The van der Waals surface area contributed by atoms with Gasteiger partial charge in [0.1, 0.15) is 5.82 Å². The number of nitrogens with one attached hydrogen (secondary N) is 1. The summed E-state index contributed by atoms with van der Waals surface area (Å²) in [5, 5.41) is 3.58. The lowest BCUT2D eigenvalue weighted by Gasteiger charge is -2.08. The van der Waals surface area contributed by atoms with E-state index in [1.807, 2.05) is 24.3 Å². The largest absolute Gasteiger partial charge is 0.398 e. The number of nitrogen functional groups attached to an aromatic ring is 1. The molecule has 1 aromatic heterocycles. The Morgan fingerprint density at radius 1 is 1.14 bits per heavy atom. The van der Waals surface area contributed by atoms with Gasteiger partial charge in [-0.1, -0.05) is 18.2 Å². The van der Waals surface area contributed by atoms with Gasteiger partial charge in [-0.25, -0.2) is 4.39 Å². The molecule has 0 saturated carbocycles. The van der Waals surface area contributed by atoms with Crippen LogP contribution in [0.3, 0.4) is 0 Å². The summed E-state index contributed by atoms with van der Waals surface area (Å²) >= 11 is 0. The predicted octanol–water partition coefficient (Wildman–Crippen LogP) is 3.21. The molecule has 3 N–H and O–H groups in total. The molecule has 2 aromatic carbocycles. The first-order valence-electron chi connectivity index (χ1n) is 6.34. The van der Waals surface area contributed by atoms with Crippen molar-refractivity contribution in [2.75, 3.05) is 11.1 Å². The average molecular weight is 281 g/mol. The summed E-state index contributed by atoms with van der Waals surface area (Å²) in [5.74, 6) is -0.977.